The van der Waals surface area contributed by atoms with Crippen LogP contribution in [-0.2, 0) is 27.6 Å². The van der Waals surface area contributed by atoms with E-state index in [2.05, 4.69) is 4.74 Å². The number of hydrogen-bond donors (Lipinski definition) is 0. The molecule has 1 saturated heterocycles. The third kappa shape index (κ3) is 5.46. The van der Waals surface area contributed by atoms with E-state index in [0.29, 0.717) is 32.3 Å². The molecule has 6 nitrogen and oxygen atoms in total. The largest absolute Gasteiger partial charge is 0.501 e. The molecule has 1 aliphatic rings. The molecule has 0 bridgehead atoms. The van der Waals surface area contributed by atoms with Crippen molar-refractivity contribution in [3.8, 4) is 0 Å². The van der Waals surface area contributed by atoms with Gasteiger partial charge in [0.1, 0.15) is 0 Å². The molecule has 0 aliphatic carbocycles. The number of esters is 2. The summed E-state index contributed by atoms with van der Waals surface area (Å²) in [4.78, 5) is 22.9. The van der Waals surface area contributed by atoms with Gasteiger partial charge in [-0.25, -0.2) is 0 Å². The van der Waals surface area contributed by atoms with Gasteiger partial charge in [-0.2, -0.15) is 0 Å². The Balaban J connectivity index is 2.79. The first-order valence-electron chi connectivity index (χ1n) is 7.94. The van der Waals surface area contributed by atoms with Crippen molar-refractivity contribution in [1.29, 1.82) is 0 Å². The topological polar surface area (TPSA) is 71.1 Å². The lowest BCUT2D eigenvalue weighted by atomic mass is 9.84. The molecule has 0 radical (unpaired) electrons. The summed E-state index contributed by atoms with van der Waals surface area (Å²) in [6.07, 6.45) is 0.717. The summed E-state index contributed by atoms with van der Waals surface area (Å²) in [6.45, 7) is 11.4. The fourth-order valence-electron chi connectivity index (χ4n) is 2.94. The van der Waals surface area contributed by atoms with Crippen LogP contribution < -0.4 is 0 Å². The second kappa shape index (κ2) is 8.19. The Bertz CT molecular complexity index is 378. The summed E-state index contributed by atoms with van der Waals surface area (Å²) in [5, 5.41) is 0. The minimum Gasteiger partial charge on any atom is -0.393 e. The van der Waals surface area contributed by atoms with Crippen molar-refractivity contribution < 1.29 is 27.6 Å². The molecule has 0 saturated carbocycles. The Morgan fingerprint density at radius 1 is 1.09 bits per heavy atom. The Kier molecular flexibility index (Phi) is 7.18. The predicted octanol–water partition coefficient (Wildman–Crippen LogP) is 2.54. The molecule has 0 spiro atoms. The summed E-state index contributed by atoms with van der Waals surface area (Å²) in [5.41, 5.74) is -0.250. The first kappa shape index (κ1) is 19.3. The van der Waals surface area contributed by atoms with E-state index >= 15 is 0 Å². The van der Waals surface area contributed by atoms with Gasteiger partial charge >= 0.3 is 20.7 Å². The van der Waals surface area contributed by atoms with Crippen molar-refractivity contribution in [1.82, 2.24) is 0 Å². The molecule has 1 unspecified atom stereocenters. The van der Waals surface area contributed by atoms with Gasteiger partial charge in [0.05, 0.1) is 12.3 Å². The Morgan fingerprint density at radius 2 is 1.59 bits per heavy atom. The van der Waals surface area contributed by atoms with Gasteiger partial charge in [-0.05, 0) is 32.6 Å². The quantitative estimate of drug-likeness (QED) is 0.348. The van der Waals surface area contributed by atoms with Gasteiger partial charge in [0, 0.05) is 25.9 Å². The van der Waals surface area contributed by atoms with E-state index in [1.54, 1.807) is 0 Å². The summed E-state index contributed by atoms with van der Waals surface area (Å²) < 4.78 is 22.2. The maximum Gasteiger partial charge on any atom is 0.501 e. The van der Waals surface area contributed by atoms with Gasteiger partial charge < -0.3 is 18.0 Å². The SMILES string of the molecule is CCO[Si](CC(C)(C)CC1CC(=O)OC1=O)(OCC)OCC. The molecule has 0 amide bonds. The first-order valence-corrected chi connectivity index (χ1v) is 9.87. The van der Waals surface area contributed by atoms with Gasteiger partial charge in [-0.3, -0.25) is 9.59 Å². The molecule has 0 aromatic heterocycles. The van der Waals surface area contributed by atoms with Crippen LogP contribution >= 0.6 is 0 Å². The molecule has 0 aromatic carbocycles. The van der Waals surface area contributed by atoms with E-state index in [1.807, 2.05) is 34.6 Å². The number of rotatable bonds is 10. The third-order valence-corrected chi connectivity index (χ3v) is 7.12. The second-order valence-electron chi connectivity index (χ2n) is 6.22. The van der Waals surface area contributed by atoms with E-state index in [9.17, 15) is 9.59 Å². The molecule has 0 N–H and O–H groups in total. The normalized spacial score (nSPS) is 19.6. The molecule has 1 rings (SSSR count). The lowest BCUT2D eigenvalue weighted by Crippen LogP contribution is -2.49. The lowest BCUT2D eigenvalue weighted by Gasteiger charge is -2.36. The van der Waals surface area contributed by atoms with Crippen LogP contribution in [0.15, 0.2) is 0 Å². The van der Waals surface area contributed by atoms with Crippen LogP contribution in [0.3, 0.4) is 0 Å². The molecule has 7 heteroatoms. The second-order valence-corrected chi connectivity index (χ2v) is 8.81. The molecule has 0 aromatic rings. The summed E-state index contributed by atoms with van der Waals surface area (Å²) >= 11 is 0. The number of hydrogen-bond acceptors (Lipinski definition) is 6. The predicted molar refractivity (Wildman–Crippen MR) is 83.0 cm³/mol. The molecule has 22 heavy (non-hydrogen) atoms. The minimum absolute atomic E-state index is 0.161. The van der Waals surface area contributed by atoms with Gasteiger partial charge in [-0.1, -0.05) is 13.8 Å². The van der Waals surface area contributed by atoms with Crippen LogP contribution in [0.2, 0.25) is 6.04 Å². The standard InChI is InChI=1S/C15H28O6Si/c1-6-18-22(19-7-2,20-8-3)11-15(4,5)10-12-9-13(16)21-14(12)17/h12H,6-11H2,1-5H3. The highest BCUT2D eigenvalue weighted by Crippen LogP contribution is 2.38. The van der Waals surface area contributed by atoms with Crippen LogP contribution in [0.4, 0.5) is 0 Å². The van der Waals surface area contributed by atoms with E-state index < -0.39 is 20.7 Å². The number of ether oxygens (including phenoxy) is 1. The van der Waals surface area contributed by atoms with Gasteiger partial charge in [-0.15, -0.1) is 0 Å². The Morgan fingerprint density at radius 3 is 1.95 bits per heavy atom. The maximum absolute atomic E-state index is 11.7. The fraction of sp³-hybridized carbons (Fsp3) is 0.867. The van der Waals surface area contributed by atoms with E-state index in [4.69, 9.17) is 13.3 Å². The fourth-order valence-corrected chi connectivity index (χ4v) is 6.13. The monoisotopic (exact) mass is 332 g/mol. The molecular formula is C15H28O6Si. The summed E-state index contributed by atoms with van der Waals surface area (Å²) in [7, 11) is -2.78. The van der Waals surface area contributed by atoms with E-state index in [-0.39, 0.29) is 17.8 Å². The van der Waals surface area contributed by atoms with Gasteiger partial charge in [0.2, 0.25) is 0 Å². The molecule has 1 fully saturated rings. The molecule has 1 aliphatic heterocycles. The molecule has 1 heterocycles. The van der Waals surface area contributed by atoms with Gasteiger partial charge in [0.25, 0.3) is 0 Å². The number of carbonyl (C=O) groups is 2. The number of cyclic esters (lactones) is 2. The zero-order chi connectivity index (χ0) is 16.8. The smallest absolute Gasteiger partial charge is 0.393 e. The van der Waals surface area contributed by atoms with E-state index in [1.165, 1.54) is 0 Å². The van der Waals surface area contributed by atoms with Crippen LogP contribution in [0.5, 0.6) is 0 Å². The number of carbonyl (C=O) groups excluding carboxylic acids is 2. The highest BCUT2D eigenvalue weighted by Gasteiger charge is 2.47. The molecule has 128 valence electrons. The minimum atomic E-state index is -2.78. The highest BCUT2D eigenvalue weighted by atomic mass is 28.4. The van der Waals surface area contributed by atoms with Crippen molar-refractivity contribution in [3.05, 3.63) is 0 Å². The average molecular weight is 332 g/mol. The molecular weight excluding hydrogens is 304 g/mol. The van der Waals surface area contributed by atoms with Crippen molar-refractivity contribution in [3.63, 3.8) is 0 Å². The van der Waals surface area contributed by atoms with Crippen molar-refractivity contribution >= 4 is 20.7 Å². The van der Waals surface area contributed by atoms with E-state index in [0.717, 1.165) is 0 Å². The Labute approximate surface area is 133 Å². The summed E-state index contributed by atoms with van der Waals surface area (Å²) in [6, 6.07) is 0.605. The average Bonchev–Trinajstić information content (AvgIpc) is 2.67. The summed E-state index contributed by atoms with van der Waals surface area (Å²) in [5.74, 6) is -1.23. The maximum atomic E-state index is 11.7. The third-order valence-electron chi connectivity index (χ3n) is 3.55. The van der Waals surface area contributed by atoms with Crippen molar-refractivity contribution in [2.24, 2.45) is 11.3 Å². The lowest BCUT2D eigenvalue weighted by molar-refractivity contribution is -0.153. The Hall–Kier alpha value is -0.763. The van der Waals surface area contributed by atoms with Crippen LogP contribution in [0.1, 0.15) is 47.5 Å². The highest BCUT2D eigenvalue weighted by molar-refractivity contribution is 6.60. The van der Waals surface area contributed by atoms with Gasteiger partial charge in [0.15, 0.2) is 0 Å². The zero-order valence-electron chi connectivity index (χ0n) is 14.3. The zero-order valence-corrected chi connectivity index (χ0v) is 15.3. The van der Waals surface area contributed by atoms with Crippen LogP contribution in [0, 0.1) is 11.3 Å². The van der Waals surface area contributed by atoms with Crippen molar-refractivity contribution in [2.75, 3.05) is 19.8 Å². The first-order chi connectivity index (χ1) is 10.3. The van der Waals surface area contributed by atoms with Crippen molar-refractivity contribution in [2.45, 2.75) is 53.5 Å². The molecule has 1 atom stereocenters. The van der Waals surface area contributed by atoms with Crippen LogP contribution in [-0.4, -0.2) is 40.6 Å². The van der Waals surface area contributed by atoms with Crippen LogP contribution in [0.25, 0.3) is 0 Å².